The monoisotopic (exact) mass is 226 g/mol. The minimum atomic E-state index is 1.05. The summed E-state index contributed by atoms with van der Waals surface area (Å²) in [7, 11) is 0. The second-order valence-electron chi connectivity index (χ2n) is 5.35. The fourth-order valence-corrected chi connectivity index (χ4v) is 2.48. The van der Waals surface area contributed by atoms with E-state index in [2.05, 4.69) is 20.8 Å². The maximum absolute atomic E-state index is 2.31. The van der Waals surface area contributed by atoms with Gasteiger partial charge in [-0.15, -0.1) is 0 Å². The highest BCUT2D eigenvalue weighted by Crippen LogP contribution is 2.23. The van der Waals surface area contributed by atoms with Gasteiger partial charge in [-0.05, 0) is 5.92 Å². The highest BCUT2D eigenvalue weighted by Gasteiger charge is 2.07. The van der Waals surface area contributed by atoms with Crippen molar-refractivity contribution in [3.8, 4) is 0 Å². The predicted octanol–water partition coefficient (Wildman–Crippen LogP) is 6.34. The quantitative estimate of drug-likeness (QED) is 0.340. The lowest BCUT2D eigenvalue weighted by Gasteiger charge is -2.16. The van der Waals surface area contributed by atoms with E-state index in [1.54, 1.807) is 0 Å². The van der Waals surface area contributed by atoms with Crippen molar-refractivity contribution in [3.05, 3.63) is 0 Å². The van der Waals surface area contributed by atoms with Crippen LogP contribution in [0.25, 0.3) is 0 Å². The Labute approximate surface area is 104 Å². The van der Waals surface area contributed by atoms with Crippen molar-refractivity contribution in [2.75, 3.05) is 0 Å². The molecule has 0 spiro atoms. The van der Waals surface area contributed by atoms with Gasteiger partial charge in [0.25, 0.3) is 0 Å². The van der Waals surface area contributed by atoms with Crippen molar-refractivity contribution in [3.63, 3.8) is 0 Å². The van der Waals surface area contributed by atoms with Gasteiger partial charge >= 0.3 is 0 Å². The van der Waals surface area contributed by atoms with E-state index in [1.165, 1.54) is 77.0 Å². The Bertz CT molecular complexity index is 93.4. The summed E-state index contributed by atoms with van der Waals surface area (Å²) >= 11 is 0. The first-order valence-corrected chi connectivity index (χ1v) is 7.85. The minimum Gasteiger partial charge on any atom is -0.0654 e. The van der Waals surface area contributed by atoms with Gasteiger partial charge in [-0.3, -0.25) is 0 Å². The van der Waals surface area contributed by atoms with Crippen LogP contribution in [0.5, 0.6) is 0 Å². The average molecular weight is 226 g/mol. The molecule has 0 aromatic rings. The summed E-state index contributed by atoms with van der Waals surface area (Å²) in [5, 5.41) is 0. The molecule has 0 rings (SSSR count). The molecule has 0 amide bonds. The van der Waals surface area contributed by atoms with Crippen molar-refractivity contribution in [2.45, 2.75) is 97.8 Å². The molecule has 0 saturated heterocycles. The second-order valence-corrected chi connectivity index (χ2v) is 5.35. The van der Waals surface area contributed by atoms with Crippen LogP contribution >= 0.6 is 0 Å². The third-order valence-electron chi connectivity index (χ3n) is 3.65. The molecule has 16 heavy (non-hydrogen) atoms. The van der Waals surface area contributed by atoms with Crippen molar-refractivity contribution in [1.29, 1.82) is 0 Å². The highest BCUT2D eigenvalue weighted by atomic mass is 14.1. The molecular formula is C16H34. The van der Waals surface area contributed by atoms with Crippen LogP contribution in [-0.4, -0.2) is 0 Å². The van der Waals surface area contributed by atoms with Gasteiger partial charge in [-0.2, -0.15) is 0 Å². The van der Waals surface area contributed by atoms with Crippen LogP contribution in [0, 0.1) is 5.92 Å². The SMILES string of the molecule is CCCCCC(CCCCC)CCCCC. The molecule has 0 aromatic heterocycles. The lowest BCUT2D eigenvalue weighted by molar-refractivity contribution is 0.372. The predicted molar refractivity (Wildman–Crippen MR) is 75.9 cm³/mol. The number of hydrogen-bond donors (Lipinski definition) is 0. The number of rotatable bonds is 12. The Morgan fingerprint density at radius 2 is 0.812 bits per heavy atom. The minimum absolute atomic E-state index is 1.05. The van der Waals surface area contributed by atoms with Gasteiger partial charge in [0, 0.05) is 0 Å². The van der Waals surface area contributed by atoms with E-state index in [0.29, 0.717) is 0 Å². The third-order valence-corrected chi connectivity index (χ3v) is 3.65. The number of unbranched alkanes of at least 4 members (excludes halogenated alkanes) is 6. The Balaban J connectivity index is 3.58. The Kier molecular flexibility index (Phi) is 13.1. The van der Waals surface area contributed by atoms with Gasteiger partial charge in [0.15, 0.2) is 0 Å². The van der Waals surface area contributed by atoms with Crippen molar-refractivity contribution < 1.29 is 0 Å². The van der Waals surface area contributed by atoms with Gasteiger partial charge in [0.1, 0.15) is 0 Å². The first-order chi connectivity index (χ1) is 7.85. The van der Waals surface area contributed by atoms with Gasteiger partial charge in [0.2, 0.25) is 0 Å². The molecule has 0 bridgehead atoms. The van der Waals surface area contributed by atoms with E-state index in [-0.39, 0.29) is 0 Å². The zero-order valence-electron chi connectivity index (χ0n) is 12.1. The normalized spacial score (nSPS) is 11.2. The molecule has 0 aromatic carbocycles. The first-order valence-electron chi connectivity index (χ1n) is 7.85. The molecule has 0 fully saturated rings. The molecule has 0 heteroatoms. The molecule has 0 saturated carbocycles. The van der Waals surface area contributed by atoms with E-state index in [1.807, 2.05) is 0 Å². The molecule has 0 radical (unpaired) electrons. The lowest BCUT2D eigenvalue weighted by atomic mass is 9.90. The zero-order chi connectivity index (χ0) is 12.1. The van der Waals surface area contributed by atoms with Crippen molar-refractivity contribution in [1.82, 2.24) is 0 Å². The van der Waals surface area contributed by atoms with E-state index in [4.69, 9.17) is 0 Å². The topological polar surface area (TPSA) is 0 Å². The van der Waals surface area contributed by atoms with Crippen LogP contribution in [0.2, 0.25) is 0 Å². The van der Waals surface area contributed by atoms with Crippen LogP contribution in [-0.2, 0) is 0 Å². The molecule has 0 heterocycles. The highest BCUT2D eigenvalue weighted by molar-refractivity contribution is 4.60. The largest absolute Gasteiger partial charge is 0.0654 e. The Morgan fingerprint density at radius 3 is 1.06 bits per heavy atom. The van der Waals surface area contributed by atoms with Gasteiger partial charge in [-0.25, -0.2) is 0 Å². The molecule has 0 unspecified atom stereocenters. The van der Waals surface area contributed by atoms with Crippen LogP contribution in [0.15, 0.2) is 0 Å². The van der Waals surface area contributed by atoms with Gasteiger partial charge < -0.3 is 0 Å². The Morgan fingerprint density at radius 1 is 0.500 bits per heavy atom. The Hall–Kier alpha value is 0. The third kappa shape index (κ3) is 10.5. The van der Waals surface area contributed by atoms with Crippen LogP contribution < -0.4 is 0 Å². The zero-order valence-corrected chi connectivity index (χ0v) is 12.1. The van der Waals surface area contributed by atoms with E-state index < -0.39 is 0 Å². The first kappa shape index (κ1) is 16.0. The second kappa shape index (κ2) is 13.1. The molecule has 0 aliphatic carbocycles. The summed E-state index contributed by atoms with van der Waals surface area (Å²) < 4.78 is 0. The average Bonchev–Trinajstić information content (AvgIpc) is 2.29. The summed E-state index contributed by atoms with van der Waals surface area (Å²) in [5.41, 5.74) is 0. The summed E-state index contributed by atoms with van der Waals surface area (Å²) in [6, 6.07) is 0. The van der Waals surface area contributed by atoms with E-state index in [9.17, 15) is 0 Å². The maximum Gasteiger partial charge on any atom is -0.0414 e. The summed E-state index contributed by atoms with van der Waals surface area (Å²) in [4.78, 5) is 0. The molecule has 0 nitrogen and oxygen atoms in total. The summed E-state index contributed by atoms with van der Waals surface area (Å²) in [5.74, 6) is 1.05. The molecule has 0 atom stereocenters. The smallest absolute Gasteiger partial charge is 0.0414 e. The van der Waals surface area contributed by atoms with Crippen LogP contribution in [0.3, 0.4) is 0 Å². The van der Waals surface area contributed by atoms with Crippen LogP contribution in [0.1, 0.15) is 97.8 Å². The fraction of sp³-hybridized carbons (Fsp3) is 1.00. The summed E-state index contributed by atoms with van der Waals surface area (Å²) in [6.45, 7) is 6.93. The molecule has 0 aliphatic heterocycles. The van der Waals surface area contributed by atoms with E-state index >= 15 is 0 Å². The van der Waals surface area contributed by atoms with Crippen molar-refractivity contribution in [2.24, 2.45) is 5.92 Å². The fourth-order valence-electron chi connectivity index (χ4n) is 2.48. The van der Waals surface area contributed by atoms with Crippen LogP contribution in [0.4, 0.5) is 0 Å². The maximum atomic E-state index is 2.31. The number of hydrogen-bond acceptors (Lipinski definition) is 0. The van der Waals surface area contributed by atoms with E-state index in [0.717, 1.165) is 5.92 Å². The standard InChI is InChI=1S/C16H34/c1-4-7-10-13-16(14-11-8-5-2)15-12-9-6-3/h16H,4-15H2,1-3H3. The molecular weight excluding hydrogens is 192 g/mol. The molecule has 98 valence electrons. The van der Waals surface area contributed by atoms with Gasteiger partial charge in [0.05, 0.1) is 0 Å². The lowest BCUT2D eigenvalue weighted by Crippen LogP contribution is -2.01. The van der Waals surface area contributed by atoms with Crippen molar-refractivity contribution >= 4 is 0 Å². The molecule has 0 N–H and O–H groups in total. The summed E-state index contributed by atoms with van der Waals surface area (Å²) in [6.07, 6.45) is 17.4. The molecule has 0 aliphatic rings. The van der Waals surface area contributed by atoms with Gasteiger partial charge in [-0.1, -0.05) is 97.8 Å².